The molecule has 3 heterocycles. The summed E-state index contributed by atoms with van der Waals surface area (Å²) in [5, 5.41) is 9.99. The molecule has 4 aromatic rings. The van der Waals surface area contributed by atoms with Crippen LogP contribution >= 0.6 is 0 Å². The Bertz CT molecular complexity index is 1560. The Balaban J connectivity index is 1.29. The first-order valence-corrected chi connectivity index (χ1v) is 13.0. The van der Waals surface area contributed by atoms with Gasteiger partial charge in [-0.3, -0.25) is 14.7 Å². The third-order valence-corrected chi connectivity index (χ3v) is 7.70. The molecule has 6 heteroatoms. The fraction of sp³-hybridized carbons (Fsp3) is 0.219. The van der Waals surface area contributed by atoms with Gasteiger partial charge in [-0.25, -0.2) is 0 Å². The monoisotopic (exact) mass is 499 g/mol. The predicted molar refractivity (Wildman–Crippen MR) is 150 cm³/mol. The van der Waals surface area contributed by atoms with E-state index in [0.29, 0.717) is 5.56 Å². The highest BCUT2D eigenvalue weighted by molar-refractivity contribution is 6.08. The Labute approximate surface area is 223 Å². The first-order chi connectivity index (χ1) is 18.5. The van der Waals surface area contributed by atoms with E-state index < -0.39 is 0 Å². The minimum atomic E-state index is -0.0105. The Morgan fingerprint density at radius 2 is 1.58 bits per heavy atom. The summed E-state index contributed by atoms with van der Waals surface area (Å²) < 4.78 is 0. The summed E-state index contributed by atoms with van der Waals surface area (Å²) in [7, 11) is 1.86. The largest absolute Gasteiger partial charge is 0.368 e. The average molecular weight is 500 g/mol. The van der Waals surface area contributed by atoms with E-state index >= 15 is 0 Å². The molecular formula is C32H29N5O. The lowest BCUT2D eigenvalue weighted by molar-refractivity contribution is 0.0992. The molecule has 0 radical (unpaired) electrons. The van der Waals surface area contributed by atoms with Gasteiger partial charge in [0.05, 0.1) is 23.0 Å². The minimum absolute atomic E-state index is 0.0105. The molecular weight excluding hydrogens is 470 g/mol. The second-order valence-corrected chi connectivity index (χ2v) is 9.94. The molecule has 0 saturated carbocycles. The maximum atomic E-state index is 13.3. The number of anilines is 2. The molecule has 1 saturated heterocycles. The molecule has 0 aliphatic carbocycles. The van der Waals surface area contributed by atoms with Crippen LogP contribution in [0.4, 0.5) is 11.4 Å². The van der Waals surface area contributed by atoms with Crippen molar-refractivity contribution in [2.75, 3.05) is 43.0 Å². The molecule has 2 aliphatic rings. The van der Waals surface area contributed by atoms with Crippen molar-refractivity contribution in [3.05, 3.63) is 113 Å². The summed E-state index contributed by atoms with van der Waals surface area (Å²) in [5.74, 6) is 0.0241. The number of carbonyl (C=O) groups excluding carboxylic acids is 1. The van der Waals surface area contributed by atoms with Crippen LogP contribution in [0.15, 0.2) is 84.9 Å². The van der Waals surface area contributed by atoms with Crippen LogP contribution in [0.25, 0.3) is 11.3 Å². The molecule has 0 N–H and O–H groups in total. The van der Waals surface area contributed by atoms with Gasteiger partial charge >= 0.3 is 0 Å². The number of amides is 1. The molecule has 0 bridgehead atoms. The van der Waals surface area contributed by atoms with Crippen LogP contribution in [0.2, 0.25) is 0 Å². The third-order valence-electron chi connectivity index (χ3n) is 7.70. The summed E-state index contributed by atoms with van der Waals surface area (Å²) in [4.78, 5) is 24.5. The lowest BCUT2D eigenvalue weighted by Gasteiger charge is -2.41. The smallest absolute Gasteiger partial charge is 0.258 e. The normalized spacial score (nSPS) is 17.4. The van der Waals surface area contributed by atoms with Gasteiger partial charge in [-0.1, -0.05) is 48.5 Å². The number of carbonyl (C=O) groups is 1. The molecule has 6 rings (SSSR count). The van der Waals surface area contributed by atoms with E-state index in [-0.39, 0.29) is 11.9 Å². The molecule has 2 aliphatic heterocycles. The van der Waals surface area contributed by atoms with Crippen LogP contribution in [0.5, 0.6) is 0 Å². The van der Waals surface area contributed by atoms with Crippen molar-refractivity contribution in [2.45, 2.75) is 13.0 Å². The van der Waals surface area contributed by atoms with Gasteiger partial charge in [0.1, 0.15) is 6.07 Å². The number of nitrogens with zero attached hydrogens (tertiary/aromatic N) is 5. The number of aryl methyl sites for hydroxylation is 1. The maximum absolute atomic E-state index is 13.3. The summed E-state index contributed by atoms with van der Waals surface area (Å²) in [6.45, 7) is 5.19. The van der Waals surface area contributed by atoms with Gasteiger partial charge < -0.3 is 9.80 Å². The van der Waals surface area contributed by atoms with E-state index in [1.807, 2.05) is 68.6 Å². The lowest BCUT2D eigenvalue weighted by atomic mass is 9.93. The summed E-state index contributed by atoms with van der Waals surface area (Å²) in [6, 6.07) is 30.6. The van der Waals surface area contributed by atoms with Crippen molar-refractivity contribution in [3.63, 3.8) is 0 Å². The van der Waals surface area contributed by atoms with E-state index in [0.717, 1.165) is 71.2 Å². The molecule has 38 heavy (non-hydrogen) atoms. The molecule has 1 unspecified atom stereocenters. The van der Waals surface area contributed by atoms with Crippen molar-refractivity contribution >= 4 is 17.3 Å². The van der Waals surface area contributed by atoms with Gasteiger partial charge in [0.15, 0.2) is 0 Å². The zero-order chi connectivity index (χ0) is 26.2. The molecule has 1 fully saturated rings. The number of rotatable bonds is 3. The number of pyridine rings is 1. The van der Waals surface area contributed by atoms with Crippen molar-refractivity contribution in [3.8, 4) is 17.3 Å². The summed E-state index contributed by atoms with van der Waals surface area (Å²) >= 11 is 0. The van der Waals surface area contributed by atoms with Gasteiger partial charge in [0.2, 0.25) is 0 Å². The number of nitriles is 1. The van der Waals surface area contributed by atoms with Gasteiger partial charge in [-0.05, 0) is 54.4 Å². The molecule has 3 aromatic carbocycles. The topological polar surface area (TPSA) is 63.5 Å². The molecule has 188 valence electrons. The highest BCUT2D eigenvalue weighted by Crippen LogP contribution is 2.40. The molecule has 1 aromatic heterocycles. The van der Waals surface area contributed by atoms with Gasteiger partial charge in [-0.2, -0.15) is 5.26 Å². The Morgan fingerprint density at radius 3 is 2.34 bits per heavy atom. The maximum Gasteiger partial charge on any atom is 0.258 e. The fourth-order valence-corrected chi connectivity index (χ4v) is 5.79. The van der Waals surface area contributed by atoms with Crippen LogP contribution in [-0.2, 0) is 0 Å². The number of benzene rings is 3. The molecule has 0 spiro atoms. The summed E-state index contributed by atoms with van der Waals surface area (Å²) in [6.07, 6.45) is 0. The van der Waals surface area contributed by atoms with Crippen molar-refractivity contribution < 1.29 is 4.79 Å². The highest BCUT2D eigenvalue weighted by Gasteiger charge is 2.35. The second kappa shape index (κ2) is 9.77. The van der Waals surface area contributed by atoms with E-state index in [1.54, 1.807) is 4.90 Å². The van der Waals surface area contributed by atoms with E-state index in [1.165, 1.54) is 0 Å². The first-order valence-electron chi connectivity index (χ1n) is 13.0. The molecule has 1 amide bonds. The van der Waals surface area contributed by atoms with Gasteiger partial charge in [0, 0.05) is 55.7 Å². The van der Waals surface area contributed by atoms with Crippen molar-refractivity contribution in [1.29, 1.82) is 5.26 Å². The van der Waals surface area contributed by atoms with Gasteiger partial charge in [0.25, 0.3) is 5.91 Å². The predicted octanol–water partition coefficient (Wildman–Crippen LogP) is 5.43. The number of hydrogen-bond donors (Lipinski definition) is 0. The number of fused-ring (bicyclic) bond motifs is 2. The van der Waals surface area contributed by atoms with Crippen LogP contribution in [0.3, 0.4) is 0 Å². The standard InChI is InChI=1S/C32H29N5O/c1-22-8-7-12-28(34-22)23-14-15-29(24(20-23)21-33)36-16-18-37(19-17-36)31-25-9-3-4-10-26(25)32(38)35(2)30-13-6-5-11-27(30)31/h3-15,20,31H,16-19H2,1-2H3. The van der Waals surface area contributed by atoms with Crippen molar-refractivity contribution in [1.82, 2.24) is 9.88 Å². The lowest BCUT2D eigenvalue weighted by Crippen LogP contribution is -2.48. The number of aromatic nitrogens is 1. The number of hydrogen-bond acceptors (Lipinski definition) is 5. The van der Waals surface area contributed by atoms with Crippen LogP contribution in [0.1, 0.15) is 38.8 Å². The van der Waals surface area contributed by atoms with E-state index in [9.17, 15) is 10.1 Å². The minimum Gasteiger partial charge on any atom is -0.368 e. The quantitative estimate of drug-likeness (QED) is 0.376. The second-order valence-electron chi connectivity index (χ2n) is 9.94. The highest BCUT2D eigenvalue weighted by atomic mass is 16.2. The Kier molecular flexibility index (Phi) is 6.15. The third kappa shape index (κ3) is 4.11. The molecule has 6 nitrogen and oxygen atoms in total. The zero-order valence-corrected chi connectivity index (χ0v) is 21.6. The zero-order valence-electron chi connectivity index (χ0n) is 21.6. The first kappa shape index (κ1) is 23.9. The number of piperazine rings is 1. The van der Waals surface area contributed by atoms with Crippen LogP contribution in [0, 0.1) is 18.3 Å². The van der Waals surface area contributed by atoms with E-state index in [2.05, 4.69) is 51.2 Å². The SMILES string of the molecule is Cc1cccc(-c2ccc(N3CCN(C4c5ccccc5C(=O)N(C)c5ccccc54)CC3)c(C#N)c2)n1. The number of para-hydroxylation sites is 1. The van der Waals surface area contributed by atoms with Crippen LogP contribution in [-0.4, -0.2) is 49.0 Å². The van der Waals surface area contributed by atoms with E-state index in [4.69, 9.17) is 0 Å². The van der Waals surface area contributed by atoms with Crippen LogP contribution < -0.4 is 9.80 Å². The summed E-state index contributed by atoms with van der Waals surface area (Å²) in [5.41, 5.74) is 8.31. The van der Waals surface area contributed by atoms with Crippen molar-refractivity contribution in [2.24, 2.45) is 0 Å². The fourth-order valence-electron chi connectivity index (χ4n) is 5.79. The van der Waals surface area contributed by atoms with Gasteiger partial charge in [-0.15, -0.1) is 0 Å². The Morgan fingerprint density at radius 1 is 0.842 bits per heavy atom. The molecule has 1 atom stereocenters. The average Bonchev–Trinajstić information content (AvgIpc) is 3.06. The Hall–Kier alpha value is -4.47.